The largest absolute Gasteiger partial charge is 0.497 e. The summed E-state index contributed by atoms with van der Waals surface area (Å²) in [7, 11) is 1.59. The number of rotatable bonds is 11. The molecule has 0 unspecified atom stereocenters. The standard InChI is InChI=1S/C26H29N3O5S2/c1-4-28(5-2)14-15-34-25(32)19-8-10-20(11-9-19)27-23(30)17-29-24(31)22(36-26(29)35)16-18-6-12-21(33-3)13-7-18/h6-13,16H,4-5,14-15,17H2,1-3H3,(H,27,30)/b22-16+. The van der Waals surface area contributed by atoms with E-state index in [1.165, 1.54) is 4.90 Å². The van der Waals surface area contributed by atoms with Crippen molar-refractivity contribution in [2.24, 2.45) is 0 Å². The van der Waals surface area contributed by atoms with Crippen molar-refractivity contribution in [3.63, 3.8) is 0 Å². The van der Waals surface area contributed by atoms with Crippen LogP contribution in [0.1, 0.15) is 29.8 Å². The van der Waals surface area contributed by atoms with E-state index in [0.29, 0.717) is 33.6 Å². The fourth-order valence-electron chi connectivity index (χ4n) is 3.41. The van der Waals surface area contributed by atoms with Gasteiger partial charge in [0.25, 0.3) is 5.91 Å². The Bertz CT molecular complexity index is 1130. The number of benzene rings is 2. The lowest BCUT2D eigenvalue weighted by Crippen LogP contribution is -2.36. The van der Waals surface area contributed by atoms with Gasteiger partial charge in [-0.1, -0.05) is 50.0 Å². The minimum Gasteiger partial charge on any atom is -0.497 e. The number of carbonyl (C=O) groups is 3. The number of esters is 1. The molecule has 36 heavy (non-hydrogen) atoms. The maximum atomic E-state index is 12.8. The van der Waals surface area contributed by atoms with E-state index in [0.717, 1.165) is 36.2 Å². The molecule has 0 atom stereocenters. The molecular weight excluding hydrogens is 498 g/mol. The maximum absolute atomic E-state index is 12.8. The fourth-order valence-corrected chi connectivity index (χ4v) is 4.67. The van der Waals surface area contributed by atoms with Crippen LogP contribution in [-0.2, 0) is 14.3 Å². The van der Waals surface area contributed by atoms with Gasteiger partial charge in [-0.25, -0.2) is 4.79 Å². The highest BCUT2D eigenvalue weighted by Crippen LogP contribution is 2.32. The maximum Gasteiger partial charge on any atom is 0.338 e. The molecule has 0 bridgehead atoms. The molecule has 0 saturated carbocycles. The molecule has 1 aliphatic rings. The molecule has 2 aromatic rings. The van der Waals surface area contributed by atoms with E-state index >= 15 is 0 Å². The Morgan fingerprint density at radius 2 is 1.75 bits per heavy atom. The first-order valence-electron chi connectivity index (χ1n) is 11.5. The van der Waals surface area contributed by atoms with Gasteiger partial charge in [0.2, 0.25) is 5.91 Å². The fraction of sp³-hybridized carbons (Fsp3) is 0.308. The van der Waals surface area contributed by atoms with E-state index in [9.17, 15) is 14.4 Å². The van der Waals surface area contributed by atoms with E-state index in [-0.39, 0.29) is 12.5 Å². The summed E-state index contributed by atoms with van der Waals surface area (Å²) in [5, 5.41) is 2.73. The number of likely N-dealkylation sites (N-methyl/N-ethyl adjacent to an activating group) is 1. The monoisotopic (exact) mass is 527 g/mol. The number of carbonyl (C=O) groups excluding carboxylic acids is 3. The molecule has 10 heteroatoms. The van der Waals surface area contributed by atoms with Gasteiger partial charge in [0.1, 0.15) is 23.2 Å². The van der Waals surface area contributed by atoms with Gasteiger partial charge in [-0.15, -0.1) is 0 Å². The Morgan fingerprint density at radius 3 is 2.36 bits per heavy atom. The summed E-state index contributed by atoms with van der Waals surface area (Å²) in [4.78, 5) is 41.5. The number of thiocarbonyl (C=S) groups is 1. The molecule has 8 nitrogen and oxygen atoms in total. The van der Waals surface area contributed by atoms with E-state index in [2.05, 4.69) is 24.1 Å². The van der Waals surface area contributed by atoms with Crippen LogP contribution in [0.4, 0.5) is 5.69 Å². The molecule has 0 aromatic heterocycles. The number of hydrogen-bond acceptors (Lipinski definition) is 8. The molecule has 1 aliphatic heterocycles. The lowest BCUT2D eigenvalue weighted by molar-refractivity contribution is -0.126. The van der Waals surface area contributed by atoms with Gasteiger partial charge >= 0.3 is 5.97 Å². The number of ether oxygens (including phenoxy) is 2. The second kappa shape index (κ2) is 13.2. The average Bonchev–Trinajstić information content (AvgIpc) is 3.14. The highest BCUT2D eigenvalue weighted by atomic mass is 32.2. The van der Waals surface area contributed by atoms with Crippen LogP contribution < -0.4 is 10.1 Å². The summed E-state index contributed by atoms with van der Waals surface area (Å²) in [5.74, 6) is -0.414. The Morgan fingerprint density at radius 1 is 1.08 bits per heavy atom. The summed E-state index contributed by atoms with van der Waals surface area (Å²) in [6.07, 6.45) is 1.73. The number of methoxy groups -OCH3 is 1. The van der Waals surface area contributed by atoms with E-state index in [4.69, 9.17) is 21.7 Å². The smallest absolute Gasteiger partial charge is 0.338 e. The van der Waals surface area contributed by atoms with Crippen LogP contribution in [0.15, 0.2) is 53.4 Å². The molecule has 0 spiro atoms. The minimum atomic E-state index is -0.416. The zero-order valence-corrected chi connectivity index (χ0v) is 22.1. The van der Waals surface area contributed by atoms with Crippen molar-refractivity contribution in [2.45, 2.75) is 13.8 Å². The molecule has 190 valence electrons. The molecular formula is C26H29N3O5S2. The summed E-state index contributed by atoms with van der Waals surface area (Å²) in [5.41, 5.74) is 1.72. The second-order valence-corrected chi connectivity index (χ2v) is 9.51. The first-order chi connectivity index (χ1) is 17.3. The zero-order chi connectivity index (χ0) is 26.1. The minimum absolute atomic E-state index is 0.209. The molecule has 1 heterocycles. The molecule has 3 rings (SSSR count). The van der Waals surface area contributed by atoms with Gasteiger partial charge < -0.3 is 19.7 Å². The number of nitrogens with zero attached hydrogens (tertiary/aromatic N) is 2. The van der Waals surface area contributed by atoms with Crippen LogP contribution in [0.2, 0.25) is 0 Å². The molecule has 0 aliphatic carbocycles. The predicted octanol–water partition coefficient (Wildman–Crippen LogP) is 4.03. The lowest BCUT2D eigenvalue weighted by atomic mass is 10.2. The van der Waals surface area contributed by atoms with Gasteiger partial charge in [0, 0.05) is 12.2 Å². The van der Waals surface area contributed by atoms with Crippen LogP contribution in [0.3, 0.4) is 0 Å². The van der Waals surface area contributed by atoms with Crippen LogP contribution >= 0.6 is 24.0 Å². The molecule has 2 aromatic carbocycles. The Kier molecular flexibility index (Phi) is 10.0. The highest BCUT2D eigenvalue weighted by Gasteiger charge is 2.33. The van der Waals surface area contributed by atoms with Gasteiger partial charge in [-0.05, 0) is 61.1 Å². The quantitative estimate of drug-likeness (QED) is 0.266. The van der Waals surface area contributed by atoms with Gasteiger partial charge in [-0.3, -0.25) is 14.5 Å². The van der Waals surface area contributed by atoms with Crippen LogP contribution in [0.25, 0.3) is 6.08 Å². The topological polar surface area (TPSA) is 88.2 Å². The van der Waals surface area contributed by atoms with Crippen molar-refractivity contribution in [1.82, 2.24) is 9.80 Å². The molecule has 1 saturated heterocycles. The number of anilines is 1. The van der Waals surface area contributed by atoms with Gasteiger partial charge in [0.15, 0.2) is 0 Å². The Labute approximate surface area is 220 Å². The van der Waals surface area contributed by atoms with Crippen LogP contribution in [0, 0.1) is 0 Å². The van der Waals surface area contributed by atoms with Crippen LogP contribution in [-0.4, -0.2) is 71.8 Å². The normalized spacial score (nSPS) is 14.4. The zero-order valence-electron chi connectivity index (χ0n) is 20.5. The summed E-state index contributed by atoms with van der Waals surface area (Å²) in [6, 6.07) is 13.7. The summed E-state index contributed by atoms with van der Waals surface area (Å²) in [6.45, 7) is 6.70. The highest BCUT2D eigenvalue weighted by molar-refractivity contribution is 8.26. The van der Waals surface area contributed by atoms with Crippen molar-refractivity contribution < 1.29 is 23.9 Å². The third-order valence-electron chi connectivity index (χ3n) is 5.53. The third-order valence-corrected chi connectivity index (χ3v) is 6.91. The van der Waals surface area contributed by atoms with E-state index < -0.39 is 11.9 Å². The SMILES string of the molecule is CCN(CC)CCOC(=O)c1ccc(NC(=O)CN2C(=O)/C(=C\c3ccc(OC)cc3)SC2=S)cc1. The molecule has 1 N–H and O–H groups in total. The second-order valence-electron chi connectivity index (χ2n) is 7.83. The average molecular weight is 528 g/mol. The number of thioether (sulfide) groups is 1. The first kappa shape index (κ1) is 27.4. The van der Waals surface area contributed by atoms with Crippen molar-refractivity contribution in [3.8, 4) is 5.75 Å². The Hall–Kier alpha value is -3.21. The number of nitrogens with one attached hydrogen (secondary N) is 1. The van der Waals surface area contributed by atoms with Crippen molar-refractivity contribution in [2.75, 3.05) is 45.2 Å². The third kappa shape index (κ3) is 7.39. The lowest BCUT2D eigenvalue weighted by Gasteiger charge is -2.17. The predicted molar refractivity (Wildman–Crippen MR) is 146 cm³/mol. The molecule has 2 amide bonds. The summed E-state index contributed by atoms with van der Waals surface area (Å²) >= 11 is 6.47. The van der Waals surface area contributed by atoms with Crippen LogP contribution in [0.5, 0.6) is 5.75 Å². The Balaban J connectivity index is 1.53. The first-order valence-corrected chi connectivity index (χ1v) is 12.8. The number of hydrogen-bond donors (Lipinski definition) is 1. The van der Waals surface area contributed by atoms with Gasteiger partial charge in [0.05, 0.1) is 17.6 Å². The van der Waals surface area contributed by atoms with Gasteiger partial charge in [-0.2, -0.15) is 0 Å². The van der Waals surface area contributed by atoms with Crippen molar-refractivity contribution in [1.29, 1.82) is 0 Å². The molecule has 1 fully saturated rings. The molecule has 0 radical (unpaired) electrons. The van der Waals surface area contributed by atoms with Crippen molar-refractivity contribution >= 4 is 57.8 Å². The number of amides is 2. The summed E-state index contributed by atoms with van der Waals surface area (Å²) < 4.78 is 10.8. The van der Waals surface area contributed by atoms with Crippen molar-refractivity contribution in [3.05, 3.63) is 64.6 Å². The van der Waals surface area contributed by atoms with E-state index in [1.807, 2.05) is 12.1 Å². The van der Waals surface area contributed by atoms with E-state index in [1.54, 1.807) is 49.6 Å².